The molecule has 0 unspecified atom stereocenters. The zero-order valence-electron chi connectivity index (χ0n) is 14.9. The fourth-order valence-corrected chi connectivity index (χ4v) is 4.14. The molecule has 0 radical (unpaired) electrons. The summed E-state index contributed by atoms with van der Waals surface area (Å²) in [6.45, 7) is 3.46. The Morgan fingerprint density at radius 1 is 1.22 bits per heavy atom. The van der Waals surface area contributed by atoms with E-state index in [-0.39, 0.29) is 10.8 Å². The third kappa shape index (κ3) is 4.61. The van der Waals surface area contributed by atoms with Gasteiger partial charge in [-0.15, -0.1) is 0 Å². The molecule has 1 heterocycles. The fraction of sp³-hybridized carbons (Fsp3) is 0.316. The first kappa shape index (κ1) is 19.7. The third-order valence-electron chi connectivity index (χ3n) is 4.24. The van der Waals surface area contributed by atoms with Gasteiger partial charge in [-0.25, -0.2) is 13.1 Å². The second-order valence-electron chi connectivity index (χ2n) is 6.25. The Balaban J connectivity index is 1.78. The number of sulfonamides is 1. The number of halogens is 1. The summed E-state index contributed by atoms with van der Waals surface area (Å²) in [4.78, 5) is 14.7. The first-order valence-electron chi connectivity index (χ1n) is 8.71. The number of nitrogens with one attached hydrogen (secondary N) is 1. The molecule has 3 rings (SSSR count). The van der Waals surface area contributed by atoms with Crippen LogP contribution in [-0.4, -0.2) is 38.9 Å². The predicted molar refractivity (Wildman–Crippen MR) is 104 cm³/mol. The Morgan fingerprint density at radius 3 is 2.67 bits per heavy atom. The van der Waals surface area contributed by atoms with E-state index in [0.29, 0.717) is 43.2 Å². The third-order valence-corrected chi connectivity index (χ3v) is 5.96. The molecule has 0 aliphatic carbocycles. The highest BCUT2D eigenvalue weighted by Gasteiger charge is 2.22. The second kappa shape index (κ2) is 8.29. The highest BCUT2D eigenvalue weighted by molar-refractivity contribution is 7.89. The van der Waals surface area contributed by atoms with Crippen LogP contribution in [0, 0.1) is 0 Å². The predicted octanol–water partition coefficient (Wildman–Crippen LogP) is 3.06. The van der Waals surface area contributed by atoms with Crippen LogP contribution in [0.15, 0.2) is 47.4 Å². The van der Waals surface area contributed by atoms with Gasteiger partial charge in [-0.2, -0.15) is 0 Å². The Morgan fingerprint density at radius 2 is 1.96 bits per heavy atom. The van der Waals surface area contributed by atoms with Crippen LogP contribution in [0.2, 0.25) is 5.02 Å². The van der Waals surface area contributed by atoms with Crippen LogP contribution in [0.1, 0.15) is 29.3 Å². The fourth-order valence-electron chi connectivity index (χ4n) is 2.82. The van der Waals surface area contributed by atoms with Crippen molar-refractivity contribution in [3.05, 3.63) is 58.6 Å². The number of hydrogen-bond donors (Lipinski definition) is 1. The number of ether oxygens (including phenoxy) is 1. The molecular formula is C19H21ClN2O4S. The minimum atomic E-state index is -3.55. The molecule has 1 aliphatic rings. The van der Waals surface area contributed by atoms with E-state index in [1.54, 1.807) is 23.1 Å². The lowest BCUT2D eigenvalue weighted by Crippen LogP contribution is -2.32. The summed E-state index contributed by atoms with van der Waals surface area (Å²) in [6.07, 6.45) is 0.707. The minimum absolute atomic E-state index is 0.142. The van der Waals surface area contributed by atoms with Gasteiger partial charge in [0.25, 0.3) is 5.91 Å². The number of benzene rings is 2. The molecule has 1 N–H and O–H groups in total. The number of rotatable bonds is 5. The van der Waals surface area contributed by atoms with Gasteiger partial charge >= 0.3 is 0 Å². The lowest BCUT2D eigenvalue weighted by atomic mass is 10.1. The van der Waals surface area contributed by atoms with E-state index in [0.717, 1.165) is 11.3 Å². The van der Waals surface area contributed by atoms with Crippen LogP contribution < -0.4 is 9.46 Å². The summed E-state index contributed by atoms with van der Waals surface area (Å²) in [5.74, 6) is 0.537. The number of carbonyl (C=O) groups excluding carboxylic acids is 1. The van der Waals surface area contributed by atoms with E-state index in [1.807, 2.05) is 6.92 Å². The molecule has 0 aromatic heterocycles. The van der Waals surface area contributed by atoms with Crippen molar-refractivity contribution in [1.82, 2.24) is 9.62 Å². The van der Waals surface area contributed by atoms with Crippen molar-refractivity contribution in [1.29, 1.82) is 0 Å². The Labute approximate surface area is 164 Å². The molecule has 2 aromatic rings. The molecule has 0 spiro atoms. The minimum Gasteiger partial charge on any atom is -0.491 e. The van der Waals surface area contributed by atoms with Crippen molar-refractivity contribution < 1.29 is 17.9 Å². The quantitative estimate of drug-likeness (QED) is 0.824. The zero-order chi connectivity index (χ0) is 19.4. The largest absolute Gasteiger partial charge is 0.491 e. The van der Waals surface area contributed by atoms with Crippen LogP contribution in [0.4, 0.5) is 0 Å². The average Bonchev–Trinajstić information content (AvgIpc) is 2.88. The van der Waals surface area contributed by atoms with Crippen molar-refractivity contribution >= 4 is 27.5 Å². The Hall–Kier alpha value is -2.09. The van der Waals surface area contributed by atoms with E-state index in [2.05, 4.69) is 4.72 Å². The maximum atomic E-state index is 12.9. The molecule has 0 atom stereocenters. The first-order chi connectivity index (χ1) is 12.9. The van der Waals surface area contributed by atoms with Gasteiger partial charge in [0.2, 0.25) is 10.0 Å². The van der Waals surface area contributed by atoms with Gasteiger partial charge < -0.3 is 9.64 Å². The van der Waals surface area contributed by atoms with Crippen molar-refractivity contribution in [3.8, 4) is 5.75 Å². The van der Waals surface area contributed by atoms with Crippen molar-refractivity contribution in [2.75, 3.05) is 19.7 Å². The summed E-state index contributed by atoms with van der Waals surface area (Å²) in [5.41, 5.74) is 1.27. The SMILES string of the molecule is CCCNS(=O)(=O)c1ccc(C(=O)N2CCOc3ccc(Cl)cc3C2)cc1. The second-order valence-corrected chi connectivity index (χ2v) is 8.45. The van der Waals surface area contributed by atoms with Gasteiger partial charge in [0.15, 0.2) is 0 Å². The Kier molecular flexibility index (Phi) is 6.04. The van der Waals surface area contributed by atoms with E-state index in [9.17, 15) is 13.2 Å². The van der Waals surface area contributed by atoms with Crippen molar-refractivity contribution in [3.63, 3.8) is 0 Å². The zero-order valence-corrected chi connectivity index (χ0v) is 16.5. The summed E-state index contributed by atoms with van der Waals surface area (Å²) < 4.78 is 32.5. The summed E-state index contributed by atoms with van der Waals surface area (Å²) in [5, 5.41) is 0.584. The van der Waals surface area contributed by atoms with Crippen LogP contribution in [0.25, 0.3) is 0 Å². The smallest absolute Gasteiger partial charge is 0.254 e. The maximum Gasteiger partial charge on any atom is 0.254 e. The lowest BCUT2D eigenvalue weighted by Gasteiger charge is -2.20. The molecule has 144 valence electrons. The molecule has 0 bridgehead atoms. The van der Waals surface area contributed by atoms with E-state index in [1.165, 1.54) is 24.3 Å². The van der Waals surface area contributed by atoms with Crippen molar-refractivity contribution in [2.24, 2.45) is 0 Å². The van der Waals surface area contributed by atoms with Gasteiger partial charge in [0, 0.05) is 29.2 Å². The van der Waals surface area contributed by atoms with Crippen LogP contribution in [0.5, 0.6) is 5.75 Å². The van der Waals surface area contributed by atoms with Gasteiger partial charge in [0.05, 0.1) is 11.4 Å². The number of nitrogens with zero attached hydrogens (tertiary/aromatic N) is 1. The van der Waals surface area contributed by atoms with Crippen LogP contribution in [0.3, 0.4) is 0 Å². The highest BCUT2D eigenvalue weighted by atomic mass is 35.5. The van der Waals surface area contributed by atoms with Gasteiger partial charge in [-0.05, 0) is 48.9 Å². The van der Waals surface area contributed by atoms with E-state index < -0.39 is 10.0 Å². The van der Waals surface area contributed by atoms with Gasteiger partial charge in [-0.3, -0.25) is 4.79 Å². The van der Waals surface area contributed by atoms with Gasteiger partial charge in [-0.1, -0.05) is 18.5 Å². The maximum absolute atomic E-state index is 12.9. The normalized spacial score (nSPS) is 14.2. The molecule has 6 nitrogen and oxygen atoms in total. The topological polar surface area (TPSA) is 75.7 Å². The Bertz CT molecular complexity index is 929. The average molecular weight is 409 g/mol. The molecule has 27 heavy (non-hydrogen) atoms. The molecule has 0 saturated carbocycles. The molecule has 1 amide bonds. The highest BCUT2D eigenvalue weighted by Crippen LogP contribution is 2.27. The van der Waals surface area contributed by atoms with Crippen molar-refractivity contribution in [2.45, 2.75) is 24.8 Å². The number of hydrogen-bond acceptors (Lipinski definition) is 4. The molecule has 1 aliphatic heterocycles. The van der Waals surface area contributed by atoms with Gasteiger partial charge in [0.1, 0.15) is 12.4 Å². The molecule has 0 saturated heterocycles. The number of fused-ring (bicyclic) bond motifs is 1. The standard InChI is InChI=1S/C19H21ClN2O4S/c1-2-9-21-27(24,25)17-6-3-14(4-7-17)19(23)22-10-11-26-18-8-5-16(20)12-15(18)13-22/h3-8,12,21H,2,9-11,13H2,1H3. The first-order valence-corrected chi connectivity index (χ1v) is 10.6. The monoisotopic (exact) mass is 408 g/mol. The van der Waals surface area contributed by atoms with Crippen LogP contribution >= 0.6 is 11.6 Å². The number of carbonyl (C=O) groups is 1. The van der Waals surface area contributed by atoms with E-state index >= 15 is 0 Å². The number of amides is 1. The van der Waals surface area contributed by atoms with E-state index in [4.69, 9.17) is 16.3 Å². The molecule has 0 fully saturated rings. The van der Waals surface area contributed by atoms with Crippen LogP contribution in [-0.2, 0) is 16.6 Å². The summed E-state index contributed by atoms with van der Waals surface area (Å²) in [7, 11) is -3.55. The summed E-state index contributed by atoms with van der Waals surface area (Å²) in [6, 6.07) is 11.3. The summed E-state index contributed by atoms with van der Waals surface area (Å²) >= 11 is 6.05. The molecule has 8 heteroatoms. The molecule has 2 aromatic carbocycles. The lowest BCUT2D eigenvalue weighted by molar-refractivity contribution is 0.0733. The molecular weight excluding hydrogens is 388 g/mol.